The number of hydrogen-bond donors (Lipinski definition) is 3. The molecule has 0 aliphatic carbocycles. The molecule has 4 aliphatic heterocycles. The van der Waals surface area contributed by atoms with Crippen LogP contribution in [0.4, 0.5) is 0 Å². The smallest absolute Gasteiger partial charge is 0.324 e. The number of piperidine rings is 1. The lowest BCUT2D eigenvalue weighted by molar-refractivity contribution is -0.155. The summed E-state index contributed by atoms with van der Waals surface area (Å²) in [6.07, 6.45) is 7.22. The SMILES string of the molecule is C=CC(=O)N1CCC(C(=O)N(C)[C@H](C(=O)N[C@H]2Cc3cccc(c3)-c3ccc4c(c3)c(c(-c3cnn(C5CCNCC5)c3[C@H](C)OC)n4CC)CC(C)(C)COC(=O)[C@@H]3CCCN(N3)C2=O)C(C)C)C1. The summed E-state index contributed by atoms with van der Waals surface area (Å²) >= 11 is 0. The van der Waals surface area contributed by atoms with Crippen molar-refractivity contribution in [3.8, 4) is 22.4 Å². The van der Waals surface area contributed by atoms with E-state index < -0.39 is 47.2 Å². The Balaban J connectivity index is 1.19. The summed E-state index contributed by atoms with van der Waals surface area (Å²) in [5, 5.41) is 14.2. The Morgan fingerprint density at radius 2 is 1.80 bits per heavy atom. The third-order valence-corrected chi connectivity index (χ3v) is 15.0. The largest absolute Gasteiger partial charge is 0.464 e. The van der Waals surface area contributed by atoms with Crippen LogP contribution in [0.3, 0.4) is 0 Å². The van der Waals surface area contributed by atoms with Gasteiger partial charge in [-0.1, -0.05) is 64.6 Å². The van der Waals surface area contributed by atoms with Crippen LogP contribution in [0, 0.1) is 17.3 Å². The molecule has 0 saturated carbocycles. The van der Waals surface area contributed by atoms with Crippen molar-refractivity contribution >= 4 is 40.5 Å². The van der Waals surface area contributed by atoms with Crippen molar-refractivity contribution in [2.24, 2.45) is 17.3 Å². The van der Waals surface area contributed by atoms with Gasteiger partial charge in [0.2, 0.25) is 17.7 Å². The van der Waals surface area contributed by atoms with E-state index in [0.717, 1.165) is 76.0 Å². The summed E-state index contributed by atoms with van der Waals surface area (Å²) in [5.74, 6) is -2.55. The number of aromatic nitrogens is 3. The Morgan fingerprint density at radius 3 is 2.51 bits per heavy atom. The molecule has 1 unspecified atom stereocenters. The molecule has 3 saturated heterocycles. The van der Waals surface area contributed by atoms with Crippen LogP contribution in [-0.4, -0.2) is 130 Å². The quantitative estimate of drug-likeness (QED) is 0.120. The number of nitrogens with zero attached hydrogens (tertiary/aromatic N) is 6. The highest BCUT2D eigenvalue weighted by atomic mass is 16.5. The lowest BCUT2D eigenvalue weighted by atomic mass is 9.84. The second kappa shape index (κ2) is 21.3. The van der Waals surface area contributed by atoms with Gasteiger partial charge in [-0.15, -0.1) is 0 Å². The van der Waals surface area contributed by atoms with Gasteiger partial charge in [0.1, 0.15) is 18.1 Å². The Hall–Kier alpha value is -5.84. The molecule has 4 aromatic rings. The van der Waals surface area contributed by atoms with E-state index in [1.807, 2.05) is 32.2 Å². The Kier molecular flexibility index (Phi) is 15.3. The van der Waals surface area contributed by atoms with Gasteiger partial charge in [-0.3, -0.25) is 33.7 Å². The maximum Gasteiger partial charge on any atom is 0.324 e. The zero-order valence-electron chi connectivity index (χ0n) is 42.4. The molecule has 6 heterocycles. The Labute approximate surface area is 412 Å². The number of methoxy groups -OCH3 is 1. The van der Waals surface area contributed by atoms with Gasteiger partial charge in [0.25, 0.3) is 5.91 Å². The van der Waals surface area contributed by atoms with Crippen LogP contribution in [0.1, 0.15) is 103 Å². The highest BCUT2D eigenvalue weighted by molar-refractivity contribution is 5.96. The highest BCUT2D eigenvalue weighted by Gasteiger charge is 2.40. The molecule has 6 bridgehead atoms. The van der Waals surface area contributed by atoms with E-state index in [1.165, 1.54) is 16.0 Å². The van der Waals surface area contributed by atoms with Crippen molar-refractivity contribution in [2.45, 2.75) is 123 Å². The predicted octanol–water partition coefficient (Wildman–Crippen LogP) is 5.99. The Morgan fingerprint density at radius 1 is 1.04 bits per heavy atom. The number of hydrogen-bond acceptors (Lipinski definition) is 10. The van der Waals surface area contributed by atoms with E-state index >= 15 is 0 Å². The lowest BCUT2D eigenvalue weighted by Gasteiger charge is -2.37. The van der Waals surface area contributed by atoms with Crippen molar-refractivity contribution in [3.05, 3.63) is 78.1 Å². The molecule has 0 spiro atoms. The third kappa shape index (κ3) is 10.3. The molecule has 3 N–H and O–H groups in total. The van der Waals surface area contributed by atoms with Crippen molar-refractivity contribution in [3.63, 3.8) is 0 Å². The number of likely N-dealkylation sites (tertiary alicyclic amines) is 1. The van der Waals surface area contributed by atoms with E-state index in [9.17, 15) is 24.0 Å². The number of carbonyl (C=O) groups is 5. The average Bonchev–Trinajstić information content (AvgIpc) is 4.11. The number of fused-ring (bicyclic) bond motifs is 6. The monoisotopic (exact) mass is 960 g/mol. The summed E-state index contributed by atoms with van der Waals surface area (Å²) in [6, 6.07) is 12.2. The first-order valence-electron chi connectivity index (χ1n) is 25.3. The van der Waals surface area contributed by atoms with E-state index in [4.69, 9.17) is 14.6 Å². The minimum absolute atomic E-state index is 0.137. The van der Waals surface area contributed by atoms with Gasteiger partial charge in [-0.05, 0) is 112 Å². The molecule has 4 amide bonds. The fourth-order valence-electron chi connectivity index (χ4n) is 11.2. The third-order valence-electron chi connectivity index (χ3n) is 15.0. The summed E-state index contributed by atoms with van der Waals surface area (Å²) in [4.78, 5) is 72.8. The van der Waals surface area contributed by atoms with Crippen LogP contribution in [-0.2, 0) is 52.8 Å². The summed E-state index contributed by atoms with van der Waals surface area (Å²) < 4.78 is 16.9. The lowest BCUT2D eigenvalue weighted by Crippen LogP contribution is -2.62. The first-order chi connectivity index (χ1) is 33.5. The van der Waals surface area contributed by atoms with Gasteiger partial charge in [0, 0.05) is 68.6 Å². The number of nitrogens with one attached hydrogen (secondary N) is 3. The molecule has 0 radical (unpaired) electrons. The fraction of sp³-hybridized carbons (Fsp3) is 0.556. The molecule has 2 aromatic carbocycles. The molecular formula is C54H73N9O7. The highest BCUT2D eigenvalue weighted by Crippen LogP contribution is 2.43. The van der Waals surface area contributed by atoms with Crippen LogP contribution in [0.5, 0.6) is 0 Å². The predicted molar refractivity (Wildman–Crippen MR) is 269 cm³/mol. The van der Waals surface area contributed by atoms with Crippen LogP contribution >= 0.6 is 0 Å². The average molecular weight is 960 g/mol. The van der Waals surface area contributed by atoms with E-state index in [2.05, 4.69) is 89.9 Å². The van der Waals surface area contributed by atoms with Crippen molar-refractivity contribution in [1.29, 1.82) is 0 Å². The van der Waals surface area contributed by atoms with Gasteiger partial charge < -0.3 is 34.5 Å². The maximum atomic E-state index is 14.8. The Bertz CT molecular complexity index is 2610. The minimum Gasteiger partial charge on any atom is -0.464 e. The molecule has 70 heavy (non-hydrogen) atoms. The van der Waals surface area contributed by atoms with Crippen molar-refractivity contribution in [1.82, 2.24) is 45.2 Å². The standard InChI is InChI=1S/C54H73N9O7/c1-10-46(64)60-25-21-38(31-60)51(66)59(8)47(33(3)4)50(65)57-44-27-35-14-12-15-36(26-35)37-17-18-45-40(28-37)41(29-54(6,7)32-70-53(68)43-16-13-24-62(58-43)52(44)67)49(61(45)11-2)42-30-56-63(48(42)34(5)69-9)39-19-22-55-23-20-39/h10,12,14-15,17-18,26,28,30,33-34,38-39,43-44,47,55,58H,1,11,13,16,19-25,27,29,31-32H2,2-9H3,(H,57,65)/t34-,38?,43-,44-,47-/m0/s1. The summed E-state index contributed by atoms with van der Waals surface area (Å²) in [5.41, 5.74) is 10.8. The number of rotatable bonds is 11. The molecule has 2 aromatic heterocycles. The minimum atomic E-state index is -1.05. The molecule has 3 fully saturated rings. The second-order valence-corrected chi connectivity index (χ2v) is 20.9. The molecule has 16 heteroatoms. The van der Waals surface area contributed by atoms with Crippen LogP contribution < -0.4 is 16.1 Å². The first-order valence-corrected chi connectivity index (χ1v) is 25.3. The second-order valence-electron chi connectivity index (χ2n) is 20.9. The number of esters is 1. The zero-order chi connectivity index (χ0) is 50.0. The summed E-state index contributed by atoms with van der Waals surface area (Å²) in [6.45, 7) is 19.5. The van der Waals surface area contributed by atoms with Gasteiger partial charge in [-0.25, -0.2) is 5.43 Å². The maximum absolute atomic E-state index is 14.8. The molecule has 16 nitrogen and oxygen atoms in total. The van der Waals surface area contributed by atoms with Gasteiger partial charge >= 0.3 is 5.97 Å². The molecule has 8 rings (SSSR count). The number of amides is 4. The van der Waals surface area contributed by atoms with Gasteiger partial charge in [0.15, 0.2) is 0 Å². The van der Waals surface area contributed by atoms with Crippen LogP contribution in [0.15, 0.2) is 61.3 Å². The molecule has 376 valence electrons. The van der Waals surface area contributed by atoms with E-state index in [-0.39, 0.29) is 49.5 Å². The number of likely N-dealkylation sites (N-methyl/N-ethyl adjacent to an activating group) is 1. The van der Waals surface area contributed by atoms with Crippen molar-refractivity contribution < 1.29 is 33.4 Å². The molecule has 4 aliphatic rings. The van der Waals surface area contributed by atoms with Crippen molar-refractivity contribution in [2.75, 3.05) is 53.5 Å². The molecular weight excluding hydrogens is 887 g/mol. The first kappa shape index (κ1) is 50.5. The fourth-order valence-corrected chi connectivity index (χ4v) is 11.2. The number of benzene rings is 2. The number of ether oxygens (including phenoxy) is 2. The van der Waals surface area contributed by atoms with Crippen LogP contribution in [0.2, 0.25) is 0 Å². The number of carbonyl (C=O) groups excluding carboxylic acids is 5. The van der Waals surface area contributed by atoms with Gasteiger partial charge in [-0.2, -0.15) is 5.10 Å². The topological polar surface area (TPSA) is 172 Å². The zero-order valence-corrected chi connectivity index (χ0v) is 42.4. The van der Waals surface area contributed by atoms with E-state index in [1.54, 1.807) is 19.1 Å². The number of aryl methyl sites for hydroxylation is 1. The number of hydrazine groups is 1. The van der Waals surface area contributed by atoms with Gasteiger partial charge in [0.05, 0.1) is 42.3 Å². The van der Waals surface area contributed by atoms with E-state index in [0.29, 0.717) is 45.3 Å². The summed E-state index contributed by atoms with van der Waals surface area (Å²) in [7, 11) is 3.36. The molecule has 5 atom stereocenters. The number of cyclic esters (lactones) is 1. The van der Waals surface area contributed by atoms with Crippen LogP contribution in [0.25, 0.3) is 33.3 Å². The normalized spacial score (nSPS) is 22.1.